The fourth-order valence-electron chi connectivity index (χ4n) is 3.83. The molecule has 3 rings (SSSR count). The van der Waals surface area contributed by atoms with E-state index >= 15 is 0 Å². The molecular formula is C20H25N3O5. The number of aliphatic carboxylic acids is 1. The van der Waals surface area contributed by atoms with Crippen LogP contribution in [0.3, 0.4) is 0 Å². The van der Waals surface area contributed by atoms with Crippen LogP contribution in [0.15, 0.2) is 18.2 Å². The van der Waals surface area contributed by atoms with Crippen LogP contribution >= 0.6 is 0 Å². The first-order valence-corrected chi connectivity index (χ1v) is 9.62. The van der Waals surface area contributed by atoms with Crippen molar-refractivity contribution in [2.24, 2.45) is 5.92 Å². The summed E-state index contributed by atoms with van der Waals surface area (Å²) in [6, 6.07) is 2.78. The SMILES string of the molecule is CC(C)C(NC(=O)Nc1ccc2c(c1)C(=O)N(C1CCCCC1)C2=O)C(=O)O. The van der Waals surface area contributed by atoms with Gasteiger partial charge in [0.1, 0.15) is 6.04 Å². The Kier molecular flexibility index (Phi) is 5.67. The highest BCUT2D eigenvalue weighted by Gasteiger charge is 2.40. The number of urea groups is 1. The van der Waals surface area contributed by atoms with Crippen LogP contribution in [-0.4, -0.2) is 45.9 Å². The molecule has 2 aliphatic rings. The van der Waals surface area contributed by atoms with Gasteiger partial charge >= 0.3 is 12.0 Å². The summed E-state index contributed by atoms with van der Waals surface area (Å²) in [5, 5.41) is 14.1. The van der Waals surface area contributed by atoms with Crippen LogP contribution in [-0.2, 0) is 4.79 Å². The molecule has 150 valence electrons. The van der Waals surface area contributed by atoms with Crippen molar-refractivity contribution in [3.05, 3.63) is 29.3 Å². The standard InChI is InChI=1S/C20H25N3O5/c1-11(2)16(19(26)27)22-20(28)21-12-8-9-14-15(10-12)18(25)23(17(14)24)13-6-4-3-5-7-13/h8-11,13,16H,3-7H2,1-2H3,(H,26,27)(H2,21,22,28). The van der Waals surface area contributed by atoms with Gasteiger partial charge in [-0.3, -0.25) is 14.5 Å². The summed E-state index contributed by atoms with van der Waals surface area (Å²) in [4.78, 5) is 50.2. The number of carbonyl (C=O) groups excluding carboxylic acids is 3. The van der Waals surface area contributed by atoms with Crippen molar-refractivity contribution < 1.29 is 24.3 Å². The summed E-state index contributed by atoms with van der Waals surface area (Å²) < 4.78 is 0. The first-order chi connectivity index (χ1) is 13.3. The molecule has 8 nitrogen and oxygen atoms in total. The summed E-state index contributed by atoms with van der Waals surface area (Å²) >= 11 is 0. The van der Waals surface area contributed by atoms with Gasteiger partial charge in [-0.2, -0.15) is 0 Å². The van der Waals surface area contributed by atoms with E-state index in [1.807, 2.05) is 0 Å². The summed E-state index contributed by atoms with van der Waals surface area (Å²) in [6.45, 7) is 3.39. The van der Waals surface area contributed by atoms with Crippen molar-refractivity contribution >= 4 is 29.5 Å². The largest absolute Gasteiger partial charge is 0.480 e. The van der Waals surface area contributed by atoms with E-state index in [9.17, 15) is 24.3 Å². The van der Waals surface area contributed by atoms with E-state index in [4.69, 9.17) is 0 Å². The average molecular weight is 387 g/mol. The number of nitrogens with zero attached hydrogens (tertiary/aromatic N) is 1. The van der Waals surface area contributed by atoms with Crippen LogP contribution in [0, 0.1) is 5.92 Å². The minimum atomic E-state index is -1.12. The molecule has 1 heterocycles. The zero-order valence-electron chi connectivity index (χ0n) is 16.0. The van der Waals surface area contributed by atoms with Crippen LogP contribution in [0.5, 0.6) is 0 Å². The molecule has 0 aromatic heterocycles. The number of rotatable bonds is 5. The second kappa shape index (κ2) is 8.00. The molecule has 0 radical (unpaired) electrons. The topological polar surface area (TPSA) is 116 Å². The smallest absolute Gasteiger partial charge is 0.326 e. The Morgan fingerprint density at radius 1 is 1.07 bits per heavy atom. The maximum absolute atomic E-state index is 12.8. The monoisotopic (exact) mass is 387 g/mol. The van der Waals surface area contributed by atoms with Gasteiger partial charge in [-0.15, -0.1) is 0 Å². The van der Waals surface area contributed by atoms with Crippen molar-refractivity contribution in [2.75, 3.05) is 5.32 Å². The number of carboxylic acid groups (broad SMARTS) is 1. The molecule has 4 amide bonds. The Morgan fingerprint density at radius 3 is 2.32 bits per heavy atom. The second-order valence-corrected chi connectivity index (χ2v) is 7.69. The van der Waals surface area contributed by atoms with E-state index in [0.717, 1.165) is 32.1 Å². The first-order valence-electron chi connectivity index (χ1n) is 9.62. The van der Waals surface area contributed by atoms with Gasteiger partial charge in [-0.05, 0) is 37.0 Å². The van der Waals surface area contributed by atoms with E-state index in [1.165, 1.54) is 17.0 Å². The van der Waals surface area contributed by atoms with Gasteiger partial charge in [0.15, 0.2) is 0 Å². The molecule has 0 spiro atoms. The number of imide groups is 1. The molecule has 1 saturated carbocycles. The maximum Gasteiger partial charge on any atom is 0.326 e. The molecule has 8 heteroatoms. The number of carbonyl (C=O) groups is 4. The van der Waals surface area contributed by atoms with Gasteiger partial charge in [-0.25, -0.2) is 9.59 Å². The fraction of sp³-hybridized carbons (Fsp3) is 0.500. The Labute approximate surface area is 163 Å². The number of hydrogen-bond donors (Lipinski definition) is 3. The molecule has 1 aliphatic heterocycles. The predicted molar refractivity (Wildman–Crippen MR) is 102 cm³/mol. The minimum Gasteiger partial charge on any atom is -0.480 e. The van der Waals surface area contributed by atoms with E-state index in [-0.39, 0.29) is 29.3 Å². The summed E-state index contributed by atoms with van der Waals surface area (Å²) in [7, 11) is 0. The van der Waals surface area contributed by atoms with E-state index in [2.05, 4.69) is 10.6 Å². The van der Waals surface area contributed by atoms with Crippen molar-refractivity contribution in [2.45, 2.75) is 58.0 Å². The molecule has 1 fully saturated rings. The first kappa shape index (κ1) is 19.9. The fourth-order valence-corrected chi connectivity index (χ4v) is 3.83. The predicted octanol–water partition coefficient (Wildman–Crippen LogP) is 2.85. The highest BCUT2D eigenvalue weighted by molar-refractivity contribution is 6.22. The van der Waals surface area contributed by atoms with Gasteiger partial charge < -0.3 is 15.7 Å². The van der Waals surface area contributed by atoms with Crippen LogP contribution in [0.4, 0.5) is 10.5 Å². The Bertz CT molecular complexity index is 814. The number of amides is 4. The highest BCUT2D eigenvalue weighted by atomic mass is 16.4. The third kappa shape index (κ3) is 3.85. The van der Waals surface area contributed by atoms with Gasteiger partial charge in [0, 0.05) is 11.7 Å². The van der Waals surface area contributed by atoms with Crippen LogP contribution in [0.1, 0.15) is 66.7 Å². The number of hydrogen-bond acceptors (Lipinski definition) is 4. The van der Waals surface area contributed by atoms with Crippen LogP contribution < -0.4 is 10.6 Å². The molecule has 0 bridgehead atoms. The van der Waals surface area contributed by atoms with Gasteiger partial charge in [0.25, 0.3) is 11.8 Å². The zero-order valence-corrected chi connectivity index (χ0v) is 16.0. The van der Waals surface area contributed by atoms with E-state index < -0.39 is 18.0 Å². The zero-order chi connectivity index (χ0) is 20.4. The van der Waals surface area contributed by atoms with Gasteiger partial charge in [-0.1, -0.05) is 33.1 Å². The molecule has 1 atom stereocenters. The highest BCUT2D eigenvalue weighted by Crippen LogP contribution is 2.32. The lowest BCUT2D eigenvalue weighted by molar-refractivity contribution is -0.140. The number of benzene rings is 1. The molecule has 3 N–H and O–H groups in total. The Hall–Kier alpha value is -2.90. The molecule has 0 saturated heterocycles. The average Bonchev–Trinajstić information content (AvgIpc) is 2.90. The summed E-state index contributed by atoms with van der Waals surface area (Å²) in [6.07, 6.45) is 4.78. The minimum absolute atomic E-state index is 0.0665. The normalized spacial score (nSPS) is 18.2. The molecular weight excluding hydrogens is 362 g/mol. The lowest BCUT2D eigenvalue weighted by Crippen LogP contribution is -2.46. The maximum atomic E-state index is 12.8. The van der Waals surface area contributed by atoms with Gasteiger partial charge in [0.05, 0.1) is 11.1 Å². The third-order valence-electron chi connectivity index (χ3n) is 5.34. The van der Waals surface area contributed by atoms with E-state index in [0.29, 0.717) is 11.3 Å². The quantitative estimate of drug-likeness (QED) is 0.672. The van der Waals surface area contributed by atoms with Gasteiger partial charge in [0.2, 0.25) is 0 Å². The lowest BCUT2D eigenvalue weighted by Gasteiger charge is -2.29. The molecule has 28 heavy (non-hydrogen) atoms. The Morgan fingerprint density at radius 2 is 1.71 bits per heavy atom. The number of carboxylic acids is 1. The van der Waals surface area contributed by atoms with Crippen LogP contribution in [0.2, 0.25) is 0 Å². The third-order valence-corrected chi connectivity index (χ3v) is 5.34. The number of fused-ring (bicyclic) bond motifs is 1. The van der Waals surface area contributed by atoms with Crippen molar-refractivity contribution in [1.29, 1.82) is 0 Å². The molecule has 1 aromatic carbocycles. The van der Waals surface area contributed by atoms with Crippen molar-refractivity contribution in [1.82, 2.24) is 10.2 Å². The number of anilines is 1. The number of nitrogens with one attached hydrogen (secondary N) is 2. The lowest BCUT2D eigenvalue weighted by atomic mass is 9.94. The Balaban J connectivity index is 1.73. The summed E-state index contributed by atoms with van der Waals surface area (Å²) in [5.74, 6) is -2.02. The second-order valence-electron chi connectivity index (χ2n) is 7.69. The van der Waals surface area contributed by atoms with Crippen molar-refractivity contribution in [3.63, 3.8) is 0 Å². The molecule has 1 aromatic rings. The molecule has 1 aliphatic carbocycles. The molecule has 1 unspecified atom stereocenters. The van der Waals surface area contributed by atoms with Crippen molar-refractivity contribution in [3.8, 4) is 0 Å². The van der Waals surface area contributed by atoms with E-state index in [1.54, 1.807) is 19.9 Å². The van der Waals surface area contributed by atoms with Crippen LogP contribution in [0.25, 0.3) is 0 Å². The summed E-state index contributed by atoms with van der Waals surface area (Å²) in [5.41, 5.74) is 0.940.